The second-order valence-electron chi connectivity index (χ2n) is 5.53. The molecule has 1 spiro atoms. The average Bonchev–Trinajstić information content (AvgIpc) is 2.64. The molecule has 3 rings (SSSR count). The van der Waals surface area contributed by atoms with E-state index < -0.39 is 5.41 Å². The van der Waals surface area contributed by atoms with Crippen LogP contribution in [0.15, 0.2) is 24.3 Å². The van der Waals surface area contributed by atoms with E-state index in [1.165, 1.54) is 11.3 Å². The molecule has 1 aliphatic carbocycles. The van der Waals surface area contributed by atoms with Crippen LogP contribution in [0.1, 0.15) is 38.5 Å². The van der Waals surface area contributed by atoms with Crippen LogP contribution in [0.5, 0.6) is 0 Å². The summed E-state index contributed by atoms with van der Waals surface area (Å²) >= 11 is 2.22. The van der Waals surface area contributed by atoms with Gasteiger partial charge in [0.25, 0.3) is 0 Å². The molecule has 0 N–H and O–H groups in total. The highest BCUT2D eigenvalue weighted by atomic mass is 127. The van der Waals surface area contributed by atoms with E-state index in [0.717, 1.165) is 34.9 Å². The molecule has 1 saturated heterocycles. The summed E-state index contributed by atoms with van der Waals surface area (Å²) in [6, 6.07) is 7.59. The summed E-state index contributed by atoms with van der Waals surface area (Å²) in [4.78, 5) is 26.3. The van der Waals surface area contributed by atoms with Crippen LogP contribution in [0.25, 0.3) is 0 Å². The highest BCUT2D eigenvalue weighted by Gasteiger charge is 2.51. The summed E-state index contributed by atoms with van der Waals surface area (Å²) < 4.78 is 1.10. The number of carbonyl (C=O) groups excluding carboxylic acids is 2. The molecule has 2 fully saturated rings. The Morgan fingerprint density at radius 1 is 1.00 bits per heavy atom. The maximum Gasteiger partial charge on any atom is 0.240 e. The maximum absolute atomic E-state index is 12.7. The van der Waals surface area contributed by atoms with Gasteiger partial charge >= 0.3 is 0 Å². The molecule has 3 nitrogen and oxygen atoms in total. The minimum Gasteiger partial charge on any atom is -0.274 e. The third kappa shape index (κ3) is 2.20. The molecule has 0 aromatic heterocycles. The lowest BCUT2D eigenvalue weighted by molar-refractivity contribution is -0.127. The van der Waals surface area contributed by atoms with Gasteiger partial charge < -0.3 is 0 Å². The Kier molecular flexibility index (Phi) is 3.37. The molecule has 1 heterocycles. The Hall–Kier alpha value is -0.910. The summed E-state index contributed by atoms with van der Waals surface area (Å²) in [5.74, 6) is -0.00786. The van der Waals surface area contributed by atoms with Crippen molar-refractivity contribution in [2.45, 2.75) is 38.5 Å². The second-order valence-corrected chi connectivity index (χ2v) is 6.77. The van der Waals surface area contributed by atoms with Gasteiger partial charge in [-0.2, -0.15) is 0 Å². The molecule has 1 saturated carbocycles. The van der Waals surface area contributed by atoms with E-state index in [1.807, 2.05) is 24.3 Å². The lowest BCUT2D eigenvalue weighted by atomic mass is 9.73. The largest absolute Gasteiger partial charge is 0.274 e. The monoisotopic (exact) mass is 369 g/mol. The number of imide groups is 1. The standard InChI is InChI=1S/C15H16INO2/c16-11-4-6-12(7-5-11)17-13(18)10-15(14(17)19)8-2-1-3-9-15/h4-7H,1-3,8-10H2. The fourth-order valence-electron chi connectivity index (χ4n) is 3.27. The summed E-state index contributed by atoms with van der Waals surface area (Å²) in [6.45, 7) is 0. The maximum atomic E-state index is 12.7. The van der Waals surface area contributed by atoms with Crippen LogP contribution >= 0.6 is 22.6 Å². The zero-order valence-electron chi connectivity index (χ0n) is 10.7. The van der Waals surface area contributed by atoms with Gasteiger partial charge in [-0.25, -0.2) is 0 Å². The summed E-state index contributed by atoms with van der Waals surface area (Å²) in [5, 5.41) is 0. The molecule has 1 aromatic rings. The Morgan fingerprint density at radius 2 is 1.63 bits per heavy atom. The summed E-state index contributed by atoms with van der Waals surface area (Å²) in [5.41, 5.74) is 0.330. The minimum atomic E-state index is -0.391. The number of benzene rings is 1. The van der Waals surface area contributed by atoms with Gasteiger partial charge in [0.15, 0.2) is 0 Å². The highest BCUT2D eigenvalue weighted by Crippen LogP contribution is 2.46. The number of nitrogens with zero attached hydrogens (tertiary/aromatic N) is 1. The first-order valence-electron chi connectivity index (χ1n) is 6.75. The highest BCUT2D eigenvalue weighted by molar-refractivity contribution is 14.1. The molecular formula is C15H16INO2. The Morgan fingerprint density at radius 3 is 2.26 bits per heavy atom. The van der Waals surface area contributed by atoms with E-state index in [2.05, 4.69) is 22.6 Å². The van der Waals surface area contributed by atoms with Gasteiger partial charge in [0.2, 0.25) is 11.8 Å². The summed E-state index contributed by atoms with van der Waals surface area (Å²) in [6.07, 6.45) is 5.47. The zero-order chi connectivity index (χ0) is 13.5. The molecule has 0 bridgehead atoms. The summed E-state index contributed by atoms with van der Waals surface area (Å²) in [7, 11) is 0. The lowest BCUT2D eigenvalue weighted by Crippen LogP contribution is -2.36. The Labute approximate surface area is 126 Å². The van der Waals surface area contributed by atoms with Crippen LogP contribution < -0.4 is 4.90 Å². The van der Waals surface area contributed by atoms with Crippen LogP contribution in [0.2, 0.25) is 0 Å². The predicted octanol–water partition coefficient (Wildman–Crippen LogP) is 3.51. The quantitative estimate of drug-likeness (QED) is 0.561. The molecule has 0 unspecified atom stereocenters. The Bertz CT molecular complexity index is 517. The van der Waals surface area contributed by atoms with Gasteiger partial charge in [0, 0.05) is 9.99 Å². The number of rotatable bonds is 1. The smallest absolute Gasteiger partial charge is 0.240 e. The molecule has 19 heavy (non-hydrogen) atoms. The number of amides is 2. The Balaban J connectivity index is 1.92. The van der Waals surface area contributed by atoms with Gasteiger partial charge in [-0.1, -0.05) is 19.3 Å². The van der Waals surface area contributed by atoms with Crippen LogP contribution in [0.4, 0.5) is 5.69 Å². The van der Waals surface area contributed by atoms with Gasteiger partial charge in [-0.15, -0.1) is 0 Å². The number of anilines is 1. The van der Waals surface area contributed by atoms with Gasteiger partial charge in [0.05, 0.1) is 11.1 Å². The fourth-order valence-corrected chi connectivity index (χ4v) is 3.62. The van der Waals surface area contributed by atoms with Crippen molar-refractivity contribution < 1.29 is 9.59 Å². The van der Waals surface area contributed by atoms with E-state index in [1.54, 1.807) is 0 Å². The van der Waals surface area contributed by atoms with Crippen molar-refractivity contribution in [3.8, 4) is 0 Å². The predicted molar refractivity (Wildman–Crippen MR) is 81.8 cm³/mol. The first kappa shape index (κ1) is 13.1. The third-order valence-corrected chi connectivity index (χ3v) is 5.01. The first-order valence-corrected chi connectivity index (χ1v) is 7.83. The number of hydrogen-bond donors (Lipinski definition) is 0. The van der Waals surface area contributed by atoms with Crippen LogP contribution in [0, 0.1) is 8.99 Å². The van der Waals surface area contributed by atoms with Crippen molar-refractivity contribution in [1.82, 2.24) is 0 Å². The zero-order valence-corrected chi connectivity index (χ0v) is 12.9. The van der Waals surface area contributed by atoms with Crippen molar-refractivity contribution in [3.63, 3.8) is 0 Å². The van der Waals surface area contributed by atoms with Gasteiger partial charge in [-0.05, 0) is 59.7 Å². The average molecular weight is 369 g/mol. The minimum absolute atomic E-state index is 0.0263. The number of carbonyl (C=O) groups is 2. The second kappa shape index (κ2) is 4.89. The molecule has 0 radical (unpaired) electrons. The molecule has 2 aliphatic rings. The SMILES string of the molecule is O=C1CC2(CCCCC2)C(=O)N1c1ccc(I)cc1. The molecule has 100 valence electrons. The van der Waals surface area contributed by atoms with Crippen molar-refractivity contribution in [2.24, 2.45) is 5.41 Å². The van der Waals surface area contributed by atoms with Crippen LogP contribution in [-0.2, 0) is 9.59 Å². The van der Waals surface area contributed by atoms with E-state index in [0.29, 0.717) is 6.42 Å². The van der Waals surface area contributed by atoms with Crippen molar-refractivity contribution in [1.29, 1.82) is 0 Å². The fraction of sp³-hybridized carbons (Fsp3) is 0.467. The normalized spacial score (nSPS) is 22.3. The molecule has 1 aromatic carbocycles. The van der Waals surface area contributed by atoms with E-state index in [9.17, 15) is 9.59 Å². The number of halogens is 1. The van der Waals surface area contributed by atoms with Crippen molar-refractivity contribution >= 4 is 40.1 Å². The van der Waals surface area contributed by atoms with Crippen LogP contribution in [0.3, 0.4) is 0 Å². The molecule has 4 heteroatoms. The number of hydrogen-bond acceptors (Lipinski definition) is 2. The first-order chi connectivity index (χ1) is 9.12. The van der Waals surface area contributed by atoms with Gasteiger partial charge in [0.1, 0.15) is 0 Å². The molecule has 1 aliphatic heterocycles. The molecule has 0 atom stereocenters. The van der Waals surface area contributed by atoms with Crippen molar-refractivity contribution in [2.75, 3.05) is 4.90 Å². The van der Waals surface area contributed by atoms with E-state index in [4.69, 9.17) is 0 Å². The van der Waals surface area contributed by atoms with Gasteiger partial charge in [-0.3, -0.25) is 14.5 Å². The molecular weight excluding hydrogens is 353 g/mol. The van der Waals surface area contributed by atoms with Crippen LogP contribution in [-0.4, -0.2) is 11.8 Å². The van der Waals surface area contributed by atoms with E-state index >= 15 is 0 Å². The third-order valence-electron chi connectivity index (χ3n) is 4.29. The van der Waals surface area contributed by atoms with E-state index in [-0.39, 0.29) is 11.8 Å². The topological polar surface area (TPSA) is 37.4 Å². The van der Waals surface area contributed by atoms with Crippen molar-refractivity contribution in [3.05, 3.63) is 27.8 Å². The molecule has 2 amide bonds. The lowest BCUT2D eigenvalue weighted by Gasteiger charge is -2.30.